The molecule has 2 rings (SSSR count). The van der Waals surface area contributed by atoms with Crippen molar-refractivity contribution in [3.63, 3.8) is 0 Å². The normalized spacial score (nSPS) is 22.1. The van der Waals surface area contributed by atoms with Gasteiger partial charge in [0.1, 0.15) is 5.54 Å². The van der Waals surface area contributed by atoms with Crippen molar-refractivity contribution in [3.8, 4) is 0 Å². The Morgan fingerprint density at radius 2 is 2.25 bits per heavy atom. The molecule has 1 heterocycles. The van der Waals surface area contributed by atoms with Gasteiger partial charge in [0.15, 0.2) is 0 Å². The molecule has 1 aromatic rings. The Morgan fingerprint density at radius 3 is 2.85 bits per heavy atom. The standard InChI is InChI=1S/C14H14BrNO3S/c15-11-3-1-2-10(8-11)4-5-12(17)16-14(13(18)19)6-7-20-9-14/h1-5,8H,6-7,9H2,(H,16,17)(H,18,19). The van der Waals surface area contributed by atoms with E-state index in [2.05, 4.69) is 21.2 Å². The first kappa shape index (κ1) is 15.1. The summed E-state index contributed by atoms with van der Waals surface area (Å²) in [7, 11) is 0. The fourth-order valence-corrected chi connectivity index (χ4v) is 3.69. The van der Waals surface area contributed by atoms with Gasteiger partial charge in [0.2, 0.25) is 5.91 Å². The number of nitrogens with one attached hydrogen (secondary N) is 1. The predicted molar refractivity (Wildman–Crippen MR) is 83.6 cm³/mol. The Kier molecular flexibility index (Phi) is 4.88. The van der Waals surface area contributed by atoms with Gasteiger partial charge >= 0.3 is 5.97 Å². The number of amides is 1. The van der Waals surface area contributed by atoms with E-state index in [0.29, 0.717) is 12.2 Å². The minimum absolute atomic E-state index is 0.380. The number of aliphatic carboxylic acids is 1. The molecule has 20 heavy (non-hydrogen) atoms. The average molecular weight is 356 g/mol. The smallest absolute Gasteiger partial charge is 0.330 e. The van der Waals surface area contributed by atoms with Crippen molar-refractivity contribution in [1.82, 2.24) is 5.32 Å². The molecule has 1 fully saturated rings. The largest absolute Gasteiger partial charge is 0.479 e. The number of benzene rings is 1. The highest BCUT2D eigenvalue weighted by Gasteiger charge is 2.42. The van der Waals surface area contributed by atoms with Gasteiger partial charge in [0.05, 0.1) is 0 Å². The SMILES string of the molecule is O=C(C=Cc1cccc(Br)c1)NC1(C(=O)O)CCSC1. The summed E-state index contributed by atoms with van der Waals surface area (Å²) in [5.74, 6) is -0.178. The molecular weight excluding hydrogens is 342 g/mol. The molecule has 1 saturated heterocycles. The molecule has 0 bridgehead atoms. The molecule has 0 aliphatic carbocycles. The second-order valence-electron chi connectivity index (χ2n) is 4.57. The molecule has 0 saturated carbocycles. The molecule has 1 aromatic carbocycles. The van der Waals surface area contributed by atoms with E-state index in [1.54, 1.807) is 17.8 Å². The lowest BCUT2D eigenvalue weighted by Gasteiger charge is -2.23. The summed E-state index contributed by atoms with van der Waals surface area (Å²) in [6, 6.07) is 7.51. The van der Waals surface area contributed by atoms with Crippen LogP contribution in [-0.4, -0.2) is 34.0 Å². The molecule has 1 atom stereocenters. The zero-order valence-corrected chi connectivity index (χ0v) is 13.0. The molecule has 6 heteroatoms. The Balaban J connectivity index is 2.03. The van der Waals surface area contributed by atoms with Crippen LogP contribution in [0.3, 0.4) is 0 Å². The third kappa shape index (κ3) is 3.64. The van der Waals surface area contributed by atoms with Crippen LogP contribution >= 0.6 is 27.7 Å². The van der Waals surface area contributed by atoms with E-state index in [1.165, 1.54) is 6.08 Å². The van der Waals surface area contributed by atoms with Crippen LogP contribution < -0.4 is 5.32 Å². The zero-order valence-electron chi connectivity index (χ0n) is 10.6. The molecule has 0 spiro atoms. The molecule has 4 nitrogen and oxygen atoms in total. The highest BCUT2D eigenvalue weighted by Crippen LogP contribution is 2.28. The lowest BCUT2D eigenvalue weighted by molar-refractivity contribution is -0.145. The van der Waals surface area contributed by atoms with Crippen LogP contribution in [-0.2, 0) is 9.59 Å². The van der Waals surface area contributed by atoms with Gasteiger partial charge in [-0.1, -0.05) is 28.1 Å². The molecular formula is C14H14BrNO3S. The lowest BCUT2D eigenvalue weighted by Crippen LogP contribution is -2.54. The fraction of sp³-hybridized carbons (Fsp3) is 0.286. The Morgan fingerprint density at radius 1 is 1.45 bits per heavy atom. The zero-order chi connectivity index (χ0) is 14.6. The second-order valence-corrected chi connectivity index (χ2v) is 6.59. The van der Waals surface area contributed by atoms with E-state index in [0.717, 1.165) is 15.8 Å². The number of hydrogen-bond acceptors (Lipinski definition) is 3. The maximum atomic E-state index is 11.9. The fourth-order valence-electron chi connectivity index (χ4n) is 1.95. The third-order valence-corrected chi connectivity index (χ3v) is 4.75. The monoisotopic (exact) mass is 355 g/mol. The highest BCUT2D eigenvalue weighted by molar-refractivity contribution is 9.10. The molecule has 0 radical (unpaired) electrons. The van der Waals surface area contributed by atoms with Crippen LogP contribution in [0.15, 0.2) is 34.8 Å². The molecule has 1 aliphatic rings. The Labute approximate surface area is 129 Å². The maximum Gasteiger partial charge on any atom is 0.330 e. The van der Waals surface area contributed by atoms with Crippen LogP contribution in [0.4, 0.5) is 0 Å². The van der Waals surface area contributed by atoms with Crippen molar-refractivity contribution in [2.45, 2.75) is 12.0 Å². The van der Waals surface area contributed by atoms with Crippen molar-refractivity contribution in [2.75, 3.05) is 11.5 Å². The van der Waals surface area contributed by atoms with Crippen LogP contribution in [0, 0.1) is 0 Å². The number of thioether (sulfide) groups is 1. The molecule has 1 amide bonds. The summed E-state index contributed by atoms with van der Waals surface area (Å²) in [5.41, 5.74) is -0.247. The molecule has 0 aromatic heterocycles. The quantitative estimate of drug-likeness (QED) is 0.814. The van der Waals surface area contributed by atoms with Crippen LogP contribution in [0.5, 0.6) is 0 Å². The van der Waals surface area contributed by atoms with Crippen molar-refractivity contribution in [2.24, 2.45) is 0 Å². The van der Waals surface area contributed by atoms with E-state index < -0.39 is 11.5 Å². The van der Waals surface area contributed by atoms with Gasteiger partial charge in [-0.2, -0.15) is 11.8 Å². The van der Waals surface area contributed by atoms with Gasteiger partial charge in [-0.3, -0.25) is 4.79 Å². The van der Waals surface area contributed by atoms with Crippen LogP contribution in [0.25, 0.3) is 6.08 Å². The number of carbonyl (C=O) groups excluding carboxylic acids is 1. The highest BCUT2D eigenvalue weighted by atomic mass is 79.9. The topological polar surface area (TPSA) is 66.4 Å². The minimum atomic E-state index is -1.12. The lowest BCUT2D eigenvalue weighted by atomic mass is 9.99. The Bertz CT molecular complexity index is 553. The summed E-state index contributed by atoms with van der Waals surface area (Å²) in [6.45, 7) is 0. The summed E-state index contributed by atoms with van der Waals surface area (Å²) in [6.07, 6.45) is 3.50. The van der Waals surface area contributed by atoms with E-state index in [-0.39, 0.29) is 5.91 Å². The summed E-state index contributed by atoms with van der Waals surface area (Å²) < 4.78 is 0.925. The van der Waals surface area contributed by atoms with Gasteiger partial charge in [0.25, 0.3) is 0 Å². The van der Waals surface area contributed by atoms with E-state index >= 15 is 0 Å². The first-order valence-electron chi connectivity index (χ1n) is 6.09. The molecule has 1 aliphatic heterocycles. The number of carboxylic acids is 1. The number of carboxylic acid groups (broad SMARTS) is 1. The molecule has 1 unspecified atom stereocenters. The van der Waals surface area contributed by atoms with Crippen LogP contribution in [0.1, 0.15) is 12.0 Å². The van der Waals surface area contributed by atoms with Gasteiger partial charge in [0, 0.05) is 16.3 Å². The van der Waals surface area contributed by atoms with Crippen LogP contribution in [0.2, 0.25) is 0 Å². The molecule has 2 N–H and O–H groups in total. The summed E-state index contributed by atoms with van der Waals surface area (Å²) in [5, 5.41) is 11.9. The summed E-state index contributed by atoms with van der Waals surface area (Å²) >= 11 is 4.89. The number of rotatable bonds is 4. The van der Waals surface area contributed by atoms with Crippen molar-refractivity contribution in [1.29, 1.82) is 0 Å². The van der Waals surface area contributed by atoms with Crippen molar-refractivity contribution < 1.29 is 14.7 Å². The van der Waals surface area contributed by atoms with Crippen molar-refractivity contribution >= 4 is 45.6 Å². The van der Waals surface area contributed by atoms with Gasteiger partial charge in [-0.25, -0.2) is 4.79 Å². The number of hydrogen-bond donors (Lipinski definition) is 2. The maximum absolute atomic E-state index is 11.9. The van der Waals surface area contributed by atoms with E-state index in [9.17, 15) is 14.7 Å². The minimum Gasteiger partial charge on any atom is -0.479 e. The number of carbonyl (C=O) groups is 2. The first-order chi connectivity index (χ1) is 9.52. The average Bonchev–Trinajstić information content (AvgIpc) is 2.86. The van der Waals surface area contributed by atoms with Gasteiger partial charge in [-0.15, -0.1) is 0 Å². The number of halogens is 1. The molecule has 106 valence electrons. The van der Waals surface area contributed by atoms with E-state index in [1.807, 2.05) is 24.3 Å². The van der Waals surface area contributed by atoms with Gasteiger partial charge < -0.3 is 10.4 Å². The van der Waals surface area contributed by atoms with E-state index in [4.69, 9.17) is 0 Å². The van der Waals surface area contributed by atoms with Gasteiger partial charge in [-0.05, 0) is 35.9 Å². The predicted octanol–water partition coefficient (Wildman–Crippen LogP) is 2.54. The van der Waals surface area contributed by atoms with Crippen molar-refractivity contribution in [3.05, 3.63) is 40.4 Å². The Hall–Kier alpha value is -1.27. The summed E-state index contributed by atoms with van der Waals surface area (Å²) in [4.78, 5) is 23.2. The first-order valence-corrected chi connectivity index (χ1v) is 8.04. The third-order valence-electron chi connectivity index (χ3n) is 3.07. The second kappa shape index (κ2) is 6.45.